The zero-order chi connectivity index (χ0) is 15.9. The highest BCUT2D eigenvalue weighted by Crippen LogP contribution is 2.30. The van der Waals surface area contributed by atoms with Crippen LogP contribution in [0.4, 0.5) is 16.2 Å². The van der Waals surface area contributed by atoms with Crippen molar-refractivity contribution >= 4 is 30.1 Å². The van der Waals surface area contributed by atoms with Crippen molar-refractivity contribution in [3.8, 4) is 0 Å². The Labute approximate surface area is 128 Å². The number of ether oxygens (including phenoxy) is 1. The zero-order valence-corrected chi connectivity index (χ0v) is 12.8. The zero-order valence-electron chi connectivity index (χ0n) is 12.8. The van der Waals surface area contributed by atoms with Crippen molar-refractivity contribution in [2.24, 2.45) is 4.99 Å². The predicted octanol–water partition coefficient (Wildman–Crippen LogP) is 1.41. The van der Waals surface area contributed by atoms with Crippen LogP contribution in [0.5, 0.6) is 0 Å². The fraction of sp³-hybridized carbons (Fsp3) is 0.312. The van der Waals surface area contributed by atoms with Gasteiger partial charge in [-0.15, -0.1) is 0 Å². The molecule has 1 unspecified atom stereocenters. The van der Waals surface area contributed by atoms with Crippen LogP contribution in [0.1, 0.15) is 20.8 Å². The van der Waals surface area contributed by atoms with Crippen molar-refractivity contribution in [3.05, 3.63) is 35.7 Å². The van der Waals surface area contributed by atoms with Crippen molar-refractivity contribution in [3.63, 3.8) is 0 Å². The van der Waals surface area contributed by atoms with Gasteiger partial charge in [0.1, 0.15) is 17.8 Å². The number of carbonyl (C=O) groups is 2. The molecule has 114 valence electrons. The number of quaternary nitrogens is 1. The number of anilines is 1. The number of fused-ring (bicyclic) bond motifs is 3. The number of para-hydroxylation sites is 2. The predicted molar refractivity (Wildman–Crippen MR) is 82.2 cm³/mol. The van der Waals surface area contributed by atoms with Crippen molar-refractivity contribution in [2.45, 2.75) is 26.4 Å². The Morgan fingerprint density at radius 3 is 2.77 bits per heavy atom. The van der Waals surface area contributed by atoms with Crippen LogP contribution in [0.15, 0.2) is 40.7 Å². The normalized spacial score (nSPS) is 19.8. The molecule has 0 radical (unpaired) electrons. The maximum Gasteiger partial charge on any atom is 0.415 e. The van der Waals surface area contributed by atoms with Gasteiger partial charge >= 0.3 is 6.09 Å². The summed E-state index contributed by atoms with van der Waals surface area (Å²) in [6.07, 6.45) is 1.98. The topological polar surface area (TPSA) is 63.4 Å². The van der Waals surface area contributed by atoms with Crippen LogP contribution in [0.3, 0.4) is 0 Å². The van der Waals surface area contributed by atoms with Gasteiger partial charge in [0.05, 0.1) is 0 Å². The summed E-state index contributed by atoms with van der Waals surface area (Å²) in [5.74, 6) is 0. The molecule has 1 amide bonds. The standard InChI is InChI=1S/C16H17N3O3/c1-16(2,3)22-15(21)18-8-14-11(9-20)17-10-19(14)13-7-5-4-6-12(13)18/h4-7,9-10H,8H2,1-3H3/p+1. The lowest BCUT2D eigenvalue weighted by Crippen LogP contribution is -3.05. The van der Waals surface area contributed by atoms with E-state index >= 15 is 0 Å². The summed E-state index contributed by atoms with van der Waals surface area (Å²) >= 11 is 0. The largest absolute Gasteiger partial charge is 0.443 e. The van der Waals surface area contributed by atoms with E-state index in [1.807, 2.05) is 45.0 Å². The second kappa shape index (κ2) is 5.06. The highest BCUT2D eigenvalue weighted by molar-refractivity contribution is 5.94. The van der Waals surface area contributed by atoms with Gasteiger partial charge in [0.25, 0.3) is 0 Å². The molecule has 1 aromatic rings. The summed E-state index contributed by atoms with van der Waals surface area (Å²) in [5, 5.41) is 0. The molecule has 0 bridgehead atoms. The van der Waals surface area contributed by atoms with E-state index in [1.54, 1.807) is 11.2 Å². The molecule has 3 rings (SSSR count). The van der Waals surface area contributed by atoms with E-state index in [1.165, 1.54) is 0 Å². The summed E-state index contributed by atoms with van der Waals surface area (Å²) in [5.41, 5.74) is 2.21. The first-order chi connectivity index (χ1) is 10.4. The molecule has 1 atom stereocenters. The lowest BCUT2D eigenvalue weighted by molar-refractivity contribution is -0.674. The van der Waals surface area contributed by atoms with Gasteiger partial charge in [0.2, 0.25) is 0 Å². The number of nitrogens with one attached hydrogen (secondary N) is 1. The van der Waals surface area contributed by atoms with E-state index in [9.17, 15) is 9.59 Å². The number of rotatable bonds is 1. The summed E-state index contributed by atoms with van der Waals surface area (Å²) in [7, 11) is 0. The molecule has 22 heavy (non-hydrogen) atoms. The monoisotopic (exact) mass is 300 g/mol. The Kier molecular flexibility index (Phi) is 3.33. The van der Waals surface area contributed by atoms with E-state index in [0.29, 0.717) is 5.70 Å². The molecule has 6 heteroatoms. The Hall–Kier alpha value is -2.47. The molecule has 2 heterocycles. The average molecular weight is 300 g/mol. The second-order valence-electron chi connectivity index (χ2n) is 6.24. The van der Waals surface area contributed by atoms with Gasteiger partial charge in [-0.05, 0) is 26.8 Å². The number of aliphatic imine (C=N–C) groups is 1. The van der Waals surface area contributed by atoms with Gasteiger partial charge in [-0.3, -0.25) is 9.69 Å². The minimum atomic E-state index is -0.579. The van der Waals surface area contributed by atoms with Gasteiger partial charge in [0, 0.05) is 6.07 Å². The Morgan fingerprint density at radius 2 is 2.09 bits per heavy atom. The minimum Gasteiger partial charge on any atom is -0.443 e. The third-order valence-corrected chi connectivity index (χ3v) is 3.49. The third kappa shape index (κ3) is 2.42. The molecule has 0 fully saturated rings. The van der Waals surface area contributed by atoms with Crippen molar-refractivity contribution in [1.82, 2.24) is 0 Å². The van der Waals surface area contributed by atoms with Gasteiger partial charge in [-0.1, -0.05) is 12.1 Å². The number of amides is 1. The van der Waals surface area contributed by atoms with E-state index in [2.05, 4.69) is 4.99 Å². The smallest absolute Gasteiger partial charge is 0.415 e. The van der Waals surface area contributed by atoms with Gasteiger partial charge in [0.15, 0.2) is 29.7 Å². The molecular formula is C16H18N3O3+. The maximum absolute atomic E-state index is 12.5. The Bertz CT molecular complexity index is 701. The number of benzene rings is 1. The van der Waals surface area contributed by atoms with E-state index in [-0.39, 0.29) is 6.54 Å². The summed E-state index contributed by atoms with van der Waals surface area (Å²) < 4.78 is 5.48. The number of nitrogens with zero attached hydrogens (tertiary/aromatic N) is 2. The minimum absolute atomic E-state index is 0.287. The molecule has 0 spiro atoms. The molecule has 0 aromatic heterocycles. The van der Waals surface area contributed by atoms with E-state index < -0.39 is 11.7 Å². The van der Waals surface area contributed by atoms with Crippen LogP contribution < -0.4 is 9.80 Å². The van der Waals surface area contributed by atoms with Gasteiger partial charge in [-0.25, -0.2) is 9.69 Å². The van der Waals surface area contributed by atoms with Crippen LogP contribution in [0, 0.1) is 0 Å². The first-order valence-corrected chi connectivity index (χ1v) is 7.10. The SMILES string of the molecule is CC(C)(C)OC(=O)N1CC2=C(C=O)N=C[NH+]2c2ccccc21. The first kappa shape index (κ1) is 14.5. The van der Waals surface area contributed by atoms with Crippen molar-refractivity contribution < 1.29 is 19.2 Å². The average Bonchev–Trinajstić information content (AvgIpc) is 2.87. The number of hydrogen-bond acceptors (Lipinski definition) is 4. The molecular weight excluding hydrogens is 282 g/mol. The number of aldehydes is 1. The number of hydrogen-bond donors (Lipinski definition) is 1. The van der Waals surface area contributed by atoms with Crippen molar-refractivity contribution in [2.75, 3.05) is 11.4 Å². The molecule has 0 saturated heterocycles. The molecule has 2 aliphatic rings. The Balaban J connectivity index is 2.04. The summed E-state index contributed by atoms with van der Waals surface area (Å²) in [6, 6.07) is 7.56. The fourth-order valence-corrected chi connectivity index (χ4v) is 2.59. The molecule has 2 aliphatic heterocycles. The molecule has 6 nitrogen and oxygen atoms in total. The van der Waals surface area contributed by atoms with Crippen LogP contribution in [0.25, 0.3) is 0 Å². The quantitative estimate of drug-likeness (QED) is 0.798. The fourth-order valence-electron chi connectivity index (χ4n) is 2.59. The number of allylic oxidation sites excluding steroid dienone is 1. The van der Waals surface area contributed by atoms with Gasteiger partial charge < -0.3 is 4.74 Å². The summed E-state index contributed by atoms with van der Waals surface area (Å²) in [4.78, 5) is 30.3. The van der Waals surface area contributed by atoms with Crippen LogP contribution in [0.2, 0.25) is 0 Å². The number of carbonyl (C=O) groups excluding carboxylic acids is 2. The lowest BCUT2D eigenvalue weighted by Gasteiger charge is -2.32. The highest BCUT2D eigenvalue weighted by atomic mass is 16.6. The second-order valence-corrected chi connectivity index (χ2v) is 6.24. The maximum atomic E-state index is 12.5. The van der Waals surface area contributed by atoms with Gasteiger partial charge in [-0.2, -0.15) is 4.99 Å². The van der Waals surface area contributed by atoms with Crippen LogP contribution in [-0.2, 0) is 9.53 Å². The molecule has 0 aliphatic carbocycles. The third-order valence-electron chi connectivity index (χ3n) is 3.49. The summed E-state index contributed by atoms with van der Waals surface area (Å²) in [6.45, 7) is 5.77. The Morgan fingerprint density at radius 1 is 1.36 bits per heavy atom. The van der Waals surface area contributed by atoms with E-state index in [4.69, 9.17) is 4.74 Å². The highest BCUT2D eigenvalue weighted by Gasteiger charge is 2.39. The first-order valence-electron chi connectivity index (χ1n) is 7.10. The molecule has 1 aromatic carbocycles. The van der Waals surface area contributed by atoms with Crippen LogP contribution >= 0.6 is 0 Å². The molecule has 0 saturated carbocycles. The molecule has 1 N–H and O–H groups in total. The lowest BCUT2D eigenvalue weighted by atomic mass is 10.1. The van der Waals surface area contributed by atoms with Crippen LogP contribution in [-0.4, -0.2) is 30.9 Å². The van der Waals surface area contributed by atoms with Crippen molar-refractivity contribution in [1.29, 1.82) is 0 Å². The van der Waals surface area contributed by atoms with E-state index in [0.717, 1.165) is 28.3 Å².